The van der Waals surface area contributed by atoms with Crippen LogP contribution in [0.4, 0.5) is 0 Å². The molecule has 132 valence electrons. The molecule has 1 unspecified atom stereocenters. The summed E-state index contributed by atoms with van der Waals surface area (Å²) in [5.74, 6) is 0.0950. The fourth-order valence-electron chi connectivity index (χ4n) is 3.74. The third-order valence-corrected chi connectivity index (χ3v) is 5.66. The molecule has 1 fully saturated rings. The number of nitrogens with zero attached hydrogens (tertiary/aromatic N) is 1. The highest BCUT2D eigenvalue weighted by molar-refractivity contribution is 5.83. The van der Waals surface area contributed by atoms with Crippen LogP contribution in [-0.2, 0) is 22.5 Å². The maximum atomic E-state index is 12.7. The van der Waals surface area contributed by atoms with Gasteiger partial charge in [-0.3, -0.25) is 9.69 Å². The van der Waals surface area contributed by atoms with E-state index in [1.54, 1.807) is 0 Å². The lowest BCUT2D eigenvalue weighted by atomic mass is 9.79. The van der Waals surface area contributed by atoms with Gasteiger partial charge in [0, 0.05) is 45.4 Å². The van der Waals surface area contributed by atoms with E-state index in [9.17, 15) is 4.79 Å². The predicted octanol–water partition coefficient (Wildman–Crippen LogP) is 1.30. The molecule has 3 rings (SSSR count). The number of benzene rings is 1. The first-order chi connectivity index (χ1) is 11.6. The van der Waals surface area contributed by atoms with Crippen molar-refractivity contribution in [2.45, 2.75) is 38.8 Å². The number of fused-ring (bicyclic) bond motifs is 1. The molecule has 5 nitrogen and oxygen atoms in total. The van der Waals surface area contributed by atoms with Gasteiger partial charge in [0.15, 0.2) is 0 Å². The van der Waals surface area contributed by atoms with Crippen LogP contribution >= 0.6 is 0 Å². The van der Waals surface area contributed by atoms with Crippen molar-refractivity contribution in [2.75, 3.05) is 32.8 Å². The molecule has 2 heterocycles. The van der Waals surface area contributed by atoms with E-state index in [2.05, 4.69) is 41.4 Å². The summed E-state index contributed by atoms with van der Waals surface area (Å²) in [5.41, 5.74) is 8.34. The normalized spacial score (nSPS) is 21.8. The van der Waals surface area contributed by atoms with Crippen molar-refractivity contribution in [1.82, 2.24) is 10.2 Å². The fraction of sp³-hybridized carbons (Fsp3) is 0.632. The number of ether oxygens (including phenoxy) is 1. The van der Waals surface area contributed by atoms with Crippen molar-refractivity contribution in [3.05, 3.63) is 35.4 Å². The Balaban J connectivity index is 1.54. The highest BCUT2D eigenvalue weighted by Crippen LogP contribution is 2.29. The number of amides is 1. The van der Waals surface area contributed by atoms with E-state index < -0.39 is 5.41 Å². The number of carbonyl (C=O) groups is 1. The van der Waals surface area contributed by atoms with Gasteiger partial charge in [0.2, 0.25) is 5.91 Å². The van der Waals surface area contributed by atoms with E-state index in [1.807, 2.05) is 0 Å². The molecule has 5 heteroatoms. The highest BCUT2D eigenvalue weighted by Gasteiger charge is 2.38. The number of carbonyl (C=O) groups excluding carboxylic acids is 1. The monoisotopic (exact) mass is 331 g/mol. The van der Waals surface area contributed by atoms with Gasteiger partial charge in [-0.25, -0.2) is 0 Å². The largest absolute Gasteiger partial charge is 0.381 e. The molecule has 0 spiro atoms. The van der Waals surface area contributed by atoms with Gasteiger partial charge >= 0.3 is 0 Å². The van der Waals surface area contributed by atoms with Gasteiger partial charge in [0.25, 0.3) is 0 Å². The lowest BCUT2D eigenvalue weighted by Gasteiger charge is -2.37. The number of rotatable bonds is 5. The molecule has 0 bridgehead atoms. The summed E-state index contributed by atoms with van der Waals surface area (Å²) < 4.78 is 5.39. The predicted molar refractivity (Wildman–Crippen MR) is 94.6 cm³/mol. The Morgan fingerprint density at radius 2 is 2.04 bits per heavy atom. The van der Waals surface area contributed by atoms with E-state index in [-0.39, 0.29) is 5.91 Å². The molecule has 24 heavy (non-hydrogen) atoms. The summed E-state index contributed by atoms with van der Waals surface area (Å²) >= 11 is 0. The third kappa shape index (κ3) is 3.63. The molecule has 0 radical (unpaired) electrons. The van der Waals surface area contributed by atoms with Gasteiger partial charge in [-0.15, -0.1) is 0 Å². The van der Waals surface area contributed by atoms with Gasteiger partial charge in [0.05, 0.1) is 5.41 Å². The minimum absolute atomic E-state index is 0.0950. The summed E-state index contributed by atoms with van der Waals surface area (Å²) in [6.07, 6.45) is 2.53. The Bertz CT molecular complexity index is 569. The zero-order chi connectivity index (χ0) is 17.0. The van der Waals surface area contributed by atoms with Gasteiger partial charge in [0.1, 0.15) is 0 Å². The Labute approximate surface area is 144 Å². The van der Waals surface area contributed by atoms with Crippen molar-refractivity contribution in [3.63, 3.8) is 0 Å². The summed E-state index contributed by atoms with van der Waals surface area (Å²) in [7, 11) is 0. The molecule has 1 saturated heterocycles. The van der Waals surface area contributed by atoms with Crippen molar-refractivity contribution < 1.29 is 9.53 Å². The lowest BCUT2D eigenvalue weighted by molar-refractivity contribution is -0.136. The van der Waals surface area contributed by atoms with E-state index in [0.717, 1.165) is 32.4 Å². The number of nitrogens with one attached hydrogen (secondary N) is 1. The average molecular weight is 331 g/mol. The second kappa shape index (κ2) is 7.64. The smallest absolute Gasteiger partial charge is 0.227 e. The van der Waals surface area contributed by atoms with Gasteiger partial charge < -0.3 is 15.8 Å². The summed E-state index contributed by atoms with van der Waals surface area (Å²) in [6, 6.07) is 8.95. The third-order valence-electron chi connectivity index (χ3n) is 5.66. The van der Waals surface area contributed by atoms with Crippen LogP contribution in [0.15, 0.2) is 24.3 Å². The van der Waals surface area contributed by atoms with Crippen LogP contribution in [0, 0.1) is 5.41 Å². The number of nitrogens with two attached hydrogens (primary N) is 1. The second-order valence-corrected chi connectivity index (χ2v) is 7.15. The van der Waals surface area contributed by atoms with Crippen molar-refractivity contribution >= 4 is 5.91 Å². The minimum atomic E-state index is -0.438. The van der Waals surface area contributed by atoms with Gasteiger partial charge in [-0.2, -0.15) is 0 Å². The highest BCUT2D eigenvalue weighted by atomic mass is 16.5. The van der Waals surface area contributed by atoms with Crippen LogP contribution < -0.4 is 11.1 Å². The molecule has 1 amide bonds. The quantitative estimate of drug-likeness (QED) is 0.853. The standard InChI is InChI=1S/C19H29N3O2/c1-15(22-9-6-16-4-2-3-5-17(16)13-22)12-21-18(23)19(14-20)7-10-24-11-8-19/h2-5,15H,6-14,20H2,1H3,(H,21,23). The number of hydrogen-bond acceptors (Lipinski definition) is 4. The Hall–Kier alpha value is -1.43. The molecule has 2 aliphatic heterocycles. The molecular weight excluding hydrogens is 302 g/mol. The van der Waals surface area contributed by atoms with Gasteiger partial charge in [-0.05, 0) is 37.3 Å². The van der Waals surface area contributed by atoms with E-state index in [4.69, 9.17) is 10.5 Å². The van der Waals surface area contributed by atoms with Crippen LogP contribution in [0.2, 0.25) is 0 Å². The Morgan fingerprint density at radius 1 is 1.33 bits per heavy atom. The maximum Gasteiger partial charge on any atom is 0.227 e. The summed E-state index contributed by atoms with van der Waals surface area (Å²) in [5, 5.41) is 3.15. The fourth-order valence-corrected chi connectivity index (χ4v) is 3.74. The van der Waals surface area contributed by atoms with E-state index in [1.165, 1.54) is 11.1 Å². The van der Waals surface area contributed by atoms with Gasteiger partial charge in [-0.1, -0.05) is 24.3 Å². The van der Waals surface area contributed by atoms with Crippen LogP contribution in [0.3, 0.4) is 0 Å². The molecule has 2 aliphatic rings. The first-order valence-corrected chi connectivity index (χ1v) is 9.01. The molecule has 3 N–H and O–H groups in total. The van der Waals surface area contributed by atoms with Crippen molar-refractivity contribution in [2.24, 2.45) is 11.1 Å². The topological polar surface area (TPSA) is 67.6 Å². The SMILES string of the molecule is CC(CNC(=O)C1(CN)CCOCC1)N1CCc2ccccc2C1. The Morgan fingerprint density at radius 3 is 2.75 bits per heavy atom. The van der Waals surface area contributed by atoms with E-state index >= 15 is 0 Å². The number of hydrogen-bond donors (Lipinski definition) is 2. The summed E-state index contributed by atoms with van der Waals surface area (Å²) in [4.78, 5) is 15.1. The lowest BCUT2D eigenvalue weighted by Crippen LogP contribution is -2.52. The van der Waals surface area contributed by atoms with Crippen LogP contribution in [-0.4, -0.2) is 49.7 Å². The maximum absolute atomic E-state index is 12.7. The molecular formula is C19H29N3O2. The second-order valence-electron chi connectivity index (χ2n) is 7.15. The molecule has 0 aromatic heterocycles. The first kappa shape index (κ1) is 17.4. The van der Waals surface area contributed by atoms with Crippen LogP contribution in [0.25, 0.3) is 0 Å². The first-order valence-electron chi connectivity index (χ1n) is 9.01. The average Bonchev–Trinajstić information content (AvgIpc) is 2.65. The molecule has 0 aliphatic carbocycles. The molecule has 1 aromatic rings. The summed E-state index contributed by atoms with van der Waals surface area (Å²) in [6.45, 7) is 6.52. The molecule has 1 atom stereocenters. The Kier molecular flexibility index (Phi) is 5.54. The zero-order valence-electron chi connectivity index (χ0n) is 14.6. The molecule has 1 aromatic carbocycles. The van der Waals surface area contributed by atoms with Crippen LogP contribution in [0.1, 0.15) is 30.9 Å². The molecule has 0 saturated carbocycles. The van der Waals surface area contributed by atoms with Crippen molar-refractivity contribution in [1.29, 1.82) is 0 Å². The van der Waals surface area contributed by atoms with E-state index in [0.29, 0.717) is 32.3 Å². The zero-order valence-corrected chi connectivity index (χ0v) is 14.6. The minimum Gasteiger partial charge on any atom is -0.381 e. The van der Waals surface area contributed by atoms with Crippen LogP contribution in [0.5, 0.6) is 0 Å². The van der Waals surface area contributed by atoms with Crippen molar-refractivity contribution in [3.8, 4) is 0 Å².